The molecule has 0 saturated heterocycles. The lowest BCUT2D eigenvalue weighted by molar-refractivity contribution is -1.36. The van der Waals surface area contributed by atoms with Gasteiger partial charge in [0, 0.05) is 0 Å². The summed E-state index contributed by atoms with van der Waals surface area (Å²) in [5, 5.41) is -5.00. The molecule has 0 saturated carbocycles. The van der Waals surface area contributed by atoms with E-state index in [1.807, 2.05) is 0 Å². The fourth-order valence-electron chi connectivity index (χ4n) is 1.34. The Morgan fingerprint density at radius 3 is 0.786 bits per heavy atom. The van der Waals surface area contributed by atoms with Crippen LogP contribution in [-0.4, -0.2) is 36.0 Å². The third kappa shape index (κ3) is 9.73. The van der Waals surface area contributed by atoms with Crippen molar-refractivity contribution in [1.29, 1.82) is 0 Å². The number of quaternary nitrogens is 2. The maximum absolute atomic E-state index is 9.62. The Labute approximate surface area is 82.6 Å². The van der Waals surface area contributed by atoms with Crippen LogP contribution in [0.1, 0.15) is 27.7 Å². The van der Waals surface area contributed by atoms with Crippen LogP contribution in [0.15, 0.2) is 0 Å². The summed E-state index contributed by atoms with van der Waals surface area (Å²) in [6.07, 6.45) is 0. The first-order valence-electron chi connectivity index (χ1n) is 4.77. The Kier molecular flexibility index (Phi) is 8.04. The highest BCUT2D eigenvalue weighted by Crippen LogP contribution is 2.08. The van der Waals surface area contributed by atoms with Crippen molar-refractivity contribution in [2.75, 3.05) is 26.2 Å². The molecular formula is C8H20F4N2+2. The molecule has 0 aliphatic heterocycles. The first kappa shape index (κ1) is 16.1. The summed E-state index contributed by atoms with van der Waals surface area (Å²) in [6.45, 7) is 14.2. The van der Waals surface area contributed by atoms with Gasteiger partial charge in [-0.05, 0) is 27.7 Å². The van der Waals surface area contributed by atoms with Crippen LogP contribution in [0.2, 0.25) is 0 Å². The minimum Gasteiger partial charge on any atom is -0.325 e. The van der Waals surface area contributed by atoms with Crippen molar-refractivity contribution >= 4 is 0 Å². The highest BCUT2D eigenvalue weighted by molar-refractivity contribution is 4.31. The number of halogens is 4. The minimum absolute atomic E-state index is 1.28. The lowest BCUT2D eigenvalue weighted by Crippen LogP contribution is -2.47. The van der Waals surface area contributed by atoms with Gasteiger partial charge in [0.1, 0.15) is 17.9 Å². The van der Waals surface area contributed by atoms with Crippen LogP contribution in [0, 0.1) is 0 Å². The topological polar surface area (TPSA) is 0 Å². The molecule has 0 rings (SSSR count). The van der Waals surface area contributed by atoms with Gasteiger partial charge < -0.3 is 4.48 Å². The quantitative estimate of drug-likeness (QED) is 0.387. The Hall–Kier alpha value is -0.360. The average molecular weight is 220 g/mol. The molecule has 0 heterocycles. The summed E-state index contributed by atoms with van der Waals surface area (Å²) in [5.41, 5.74) is 0. The van der Waals surface area contributed by atoms with Gasteiger partial charge in [-0.3, -0.25) is 0 Å². The molecule has 0 aromatic heterocycles. The molecule has 0 aromatic rings. The van der Waals surface area contributed by atoms with Crippen molar-refractivity contribution in [3.8, 4) is 0 Å². The highest BCUT2D eigenvalue weighted by atomic mass is 19.7. The molecule has 2 nitrogen and oxygen atoms in total. The summed E-state index contributed by atoms with van der Waals surface area (Å²) in [5.74, 6) is 0. The third-order valence-corrected chi connectivity index (χ3v) is 2.68. The number of nitrogens with zero attached hydrogens (tertiary/aromatic N) is 2. The zero-order valence-electron chi connectivity index (χ0n) is 9.23. The minimum atomic E-state index is -5.00. The monoisotopic (exact) mass is 220 g/mol. The molecular weight excluding hydrogens is 200 g/mol. The molecule has 0 spiro atoms. The van der Waals surface area contributed by atoms with Crippen LogP contribution in [0.3, 0.4) is 0 Å². The lowest BCUT2D eigenvalue weighted by atomic mass is 10.3. The number of hydrogen-bond acceptors (Lipinski definition) is 0. The lowest BCUT2D eigenvalue weighted by Gasteiger charge is -2.34. The van der Waals surface area contributed by atoms with Crippen LogP contribution in [0.5, 0.6) is 0 Å². The van der Waals surface area contributed by atoms with Crippen molar-refractivity contribution in [2.45, 2.75) is 27.7 Å². The largest absolute Gasteiger partial charge is 0.440 e. The number of hydrogen-bond donors (Lipinski definition) is 0. The second-order valence-corrected chi connectivity index (χ2v) is 2.99. The van der Waals surface area contributed by atoms with Gasteiger partial charge in [-0.2, -0.15) is 0 Å². The fourth-order valence-corrected chi connectivity index (χ4v) is 1.34. The zero-order chi connectivity index (χ0) is 11.8. The summed E-state index contributed by atoms with van der Waals surface area (Å²) >= 11 is 0. The maximum atomic E-state index is 9.62. The van der Waals surface area contributed by atoms with Crippen molar-refractivity contribution in [1.82, 2.24) is 0 Å². The van der Waals surface area contributed by atoms with Crippen LogP contribution in [-0.2, 0) is 0 Å². The van der Waals surface area contributed by atoms with Gasteiger partial charge in [-0.25, -0.2) is 0 Å². The van der Waals surface area contributed by atoms with Crippen LogP contribution >= 0.6 is 0 Å². The molecule has 6 heteroatoms. The molecule has 0 unspecified atom stereocenters. The van der Waals surface area contributed by atoms with E-state index in [4.69, 9.17) is 0 Å². The third-order valence-electron chi connectivity index (χ3n) is 2.68. The first-order valence-corrected chi connectivity index (χ1v) is 4.77. The van der Waals surface area contributed by atoms with E-state index >= 15 is 0 Å². The van der Waals surface area contributed by atoms with E-state index in [1.165, 1.54) is 30.7 Å². The summed E-state index contributed by atoms with van der Waals surface area (Å²) in [4.78, 5) is 0. The normalized spacial score (nSPS) is 12.0. The Balaban J connectivity index is 0. The zero-order valence-corrected chi connectivity index (χ0v) is 9.23. The summed E-state index contributed by atoms with van der Waals surface area (Å²) in [7, 11) is 0. The van der Waals surface area contributed by atoms with Crippen molar-refractivity contribution in [3.05, 3.63) is 0 Å². The predicted octanol–water partition coefficient (Wildman–Crippen LogP) is 3.22. The molecule has 88 valence electrons. The molecule has 0 N–H and O–H groups in total. The van der Waals surface area contributed by atoms with E-state index < -0.39 is 5.37 Å². The second-order valence-electron chi connectivity index (χ2n) is 2.99. The molecule has 0 aliphatic rings. The van der Waals surface area contributed by atoms with Crippen LogP contribution in [0.25, 0.3) is 0 Å². The van der Waals surface area contributed by atoms with Gasteiger partial charge in [-0.15, -0.1) is 0 Å². The van der Waals surface area contributed by atoms with E-state index in [0.717, 1.165) is 0 Å². The standard InChI is InChI=1S/C8H20N.F4N/c1-5-9(6-2,7-3)8-4;1-5(2,3)4/h5-8H2,1-4H3;/q2*+1. The molecule has 0 bridgehead atoms. The fraction of sp³-hybridized carbons (Fsp3) is 1.00. The van der Waals surface area contributed by atoms with Gasteiger partial charge >= 0.3 is 5.37 Å². The predicted molar refractivity (Wildman–Crippen MR) is 47.1 cm³/mol. The first-order chi connectivity index (χ1) is 6.24. The molecule has 0 radical (unpaired) electrons. The smallest absolute Gasteiger partial charge is 0.325 e. The van der Waals surface area contributed by atoms with Gasteiger partial charge in [0.05, 0.1) is 26.2 Å². The van der Waals surface area contributed by atoms with Gasteiger partial charge in [0.2, 0.25) is 0 Å². The average Bonchev–Trinajstić information content (AvgIpc) is 2.07. The van der Waals surface area contributed by atoms with E-state index in [9.17, 15) is 17.9 Å². The molecule has 0 aromatic carbocycles. The van der Waals surface area contributed by atoms with Crippen molar-refractivity contribution in [2.24, 2.45) is 0 Å². The second kappa shape index (κ2) is 7.00. The Morgan fingerprint density at radius 1 is 0.643 bits per heavy atom. The number of rotatable bonds is 4. The summed E-state index contributed by atoms with van der Waals surface area (Å²) < 4.78 is 39.8. The van der Waals surface area contributed by atoms with Crippen molar-refractivity contribution in [3.63, 3.8) is 0 Å². The molecule has 0 fully saturated rings. The highest BCUT2D eigenvalue weighted by Gasteiger charge is 2.30. The molecule has 0 atom stereocenters. The summed E-state index contributed by atoms with van der Waals surface area (Å²) in [6, 6.07) is 0. The SMILES string of the molecule is CC[N+](CC)(CC)CC.F[N+](F)(F)F. The van der Waals surface area contributed by atoms with E-state index in [0.29, 0.717) is 0 Å². The van der Waals surface area contributed by atoms with Gasteiger partial charge in [-0.1, -0.05) is 0 Å². The van der Waals surface area contributed by atoms with Crippen molar-refractivity contribution < 1.29 is 27.8 Å². The van der Waals surface area contributed by atoms with E-state index in [1.54, 1.807) is 0 Å². The van der Waals surface area contributed by atoms with Crippen LogP contribution < -0.4 is 0 Å². The maximum Gasteiger partial charge on any atom is 0.440 e. The van der Waals surface area contributed by atoms with E-state index in [-0.39, 0.29) is 0 Å². The van der Waals surface area contributed by atoms with Crippen LogP contribution in [0.4, 0.5) is 17.9 Å². The van der Waals surface area contributed by atoms with E-state index in [2.05, 4.69) is 27.7 Å². The molecule has 0 aliphatic carbocycles. The Bertz CT molecular complexity index is 108. The molecule has 0 amide bonds. The Morgan fingerprint density at radius 2 is 0.786 bits per heavy atom. The molecule has 14 heavy (non-hydrogen) atoms. The van der Waals surface area contributed by atoms with Gasteiger partial charge in [0.15, 0.2) is 0 Å². The van der Waals surface area contributed by atoms with Gasteiger partial charge in [0.25, 0.3) is 0 Å².